The zero-order valence-electron chi connectivity index (χ0n) is 16.5. The van der Waals surface area contributed by atoms with Crippen LogP contribution >= 0.6 is 0 Å². The molecule has 1 fully saturated rings. The van der Waals surface area contributed by atoms with Crippen LogP contribution in [0.15, 0.2) is 23.2 Å². The van der Waals surface area contributed by atoms with Gasteiger partial charge in [0.15, 0.2) is 17.5 Å². The van der Waals surface area contributed by atoms with Gasteiger partial charge in [-0.15, -0.1) is 0 Å². The van der Waals surface area contributed by atoms with Crippen LogP contribution in [0.5, 0.6) is 11.5 Å². The van der Waals surface area contributed by atoms with Crippen molar-refractivity contribution in [3.05, 3.63) is 18.2 Å². The van der Waals surface area contributed by atoms with Gasteiger partial charge in [-0.1, -0.05) is 12.8 Å². The Morgan fingerprint density at radius 1 is 1.15 bits per heavy atom. The van der Waals surface area contributed by atoms with Crippen LogP contribution in [-0.2, 0) is 4.79 Å². The summed E-state index contributed by atoms with van der Waals surface area (Å²) in [4.78, 5) is 18.7. The maximum Gasteiger partial charge on any atom is 0.230 e. The lowest BCUT2D eigenvalue weighted by atomic mass is 9.84. The van der Waals surface area contributed by atoms with E-state index in [0.29, 0.717) is 25.7 Å². The first-order valence-electron chi connectivity index (χ1n) is 9.63. The molecule has 0 atom stereocenters. The van der Waals surface area contributed by atoms with Crippen LogP contribution < -0.4 is 20.1 Å². The van der Waals surface area contributed by atoms with Crippen molar-refractivity contribution >= 4 is 17.6 Å². The monoisotopic (exact) mass is 374 g/mol. The average Bonchev–Trinajstić information content (AvgIpc) is 3.03. The summed E-state index contributed by atoms with van der Waals surface area (Å²) in [6, 6.07) is 5.77. The summed E-state index contributed by atoms with van der Waals surface area (Å²) in [7, 11) is 5.38. The second-order valence-corrected chi connectivity index (χ2v) is 7.45. The Hall–Kier alpha value is -2.44. The van der Waals surface area contributed by atoms with Gasteiger partial charge in [-0.05, 0) is 25.0 Å². The van der Waals surface area contributed by atoms with Crippen molar-refractivity contribution in [2.45, 2.75) is 32.1 Å². The van der Waals surface area contributed by atoms with Crippen LogP contribution in [0.3, 0.4) is 0 Å². The van der Waals surface area contributed by atoms with E-state index in [1.54, 1.807) is 11.9 Å². The molecule has 1 aromatic rings. The summed E-state index contributed by atoms with van der Waals surface area (Å²) in [6.07, 6.45) is 4.89. The van der Waals surface area contributed by atoms with Gasteiger partial charge >= 0.3 is 0 Å². The number of benzene rings is 1. The summed E-state index contributed by atoms with van der Waals surface area (Å²) in [5, 5.41) is 6.64. The predicted molar refractivity (Wildman–Crippen MR) is 107 cm³/mol. The van der Waals surface area contributed by atoms with E-state index in [1.807, 2.05) is 32.3 Å². The molecule has 7 heteroatoms. The molecule has 0 saturated heterocycles. The number of rotatable bonds is 4. The third-order valence-corrected chi connectivity index (χ3v) is 5.25. The molecule has 0 spiro atoms. The fourth-order valence-corrected chi connectivity index (χ4v) is 3.80. The standard InChI is InChI=1S/C20H30N4O3/c1-21-19(22-14-20(9-4-5-10-20)18(25)24(2)3)23-15-7-8-16-17(13-15)27-12-6-11-26-16/h7-8,13H,4-6,9-12,14H2,1-3H3,(H2,21,22,23). The molecular formula is C20H30N4O3. The lowest BCUT2D eigenvalue weighted by Crippen LogP contribution is -2.47. The highest BCUT2D eigenvalue weighted by molar-refractivity contribution is 5.94. The van der Waals surface area contributed by atoms with Gasteiger partial charge in [-0.25, -0.2) is 0 Å². The van der Waals surface area contributed by atoms with Crippen LogP contribution in [0.25, 0.3) is 0 Å². The van der Waals surface area contributed by atoms with E-state index >= 15 is 0 Å². The number of aliphatic imine (C=N–C) groups is 1. The molecular weight excluding hydrogens is 344 g/mol. The fourth-order valence-electron chi connectivity index (χ4n) is 3.80. The summed E-state index contributed by atoms with van der Waals surface area (Å²) in [6.45, 7) is 1.90. The van der Waals surface area contributed by atoms with Crippen molar-refractivity contribution in [2.24, 2.45) is 10.4 Å². The first-order chi connectivity index (χ1) is 13.0. The number of guanidine groups is 1. The van der Waals surface area contributed by atoms with Gasteiger partial charge in [0.1, 0.15) is 0 Å². The third kappa shape index (κ3) is 4.46. The molecule has 148 valence electrons. The lowest BCUT2D eigenvalue weighted by molar-refractivity contribution is -0.138. The first kappa shape index (κ1) is 19.3. The SMILES string of the molecule is CN=C(NCC1(C(=O)N(C)C)CCCC1)Nc1ccc2c(c1)OCCCO2. The summed E-state index contributed by atoms with van der Waals surface area (Å²) in [5.41, 5.74) is 0.526. The van der Waals surface area contributed by atoms with Gasteiger partial charge in [-0.3, -0.25) is 9.79 Å². The van der Waals surface area contributed by atoms with Gasteiger partial charge < -0.3 is 25.0 Å². The third-order valence-electron chi connectivity index (χ3n) is 5.25. The van der Waals surface area contributed by atoms with Crippen LogP contribution in [0, 0.1) is 5.41 Å². The average molecular weight is 374 g/mol. The number of fused-ring (bicyclic) bond motifs is 1. The van der Waals surface area contributed by atoms with Crippen LogP contribution in [0.4, 0.5) is 5.69 Å². The van der Waals surface area contributed by atoms with Crippen LogP contribution in [0.1, 0.15) is 32.1 Å². The highest BCUT2D eigenvalue weighted by atomic mass is 16.5. The smallest absolute Gasteiger partial charge is 0.230 e. The normalized spacial score (nSPS) is 18.6. The van der Waals surface area contributed by atoms with E-state index in [2.05, 4.69) is 15.6 Å². The van der Waals surface area contributed by atoms with Crippen molar-refractivity contribution in [3.8, 4) is 11.5 Å². The second kappa shape index (κ2) is 8.50. The highest BCUT2D eigenvalue weighted by Gasteiger charge is 2.42. The molecule has 1 heterocycles. The largest absolute Gasteiger partial charge is 0.490 e. The zero-order chi connectivity index (χ0) is 19.3. The predicted octanol–water partition coefficient (Wildman–Crippen LogP) is 2.48. The molecule has 1 saturated carbocycles. The minimum absolute atomic E-state index is 0.193. The van der Waals surface area contributed by atoms with Crippen LogP contribution in [0.2, 0.25) is 0 Å². The van der Waals surface area contributed by atoms with E-state index < -0.39 is 0 Å². The molecule has 1 aliphatic heterocycles. The summed E-state index contributed by atoms with van der Waals surface area (Å²) in [5.74, 6) is 2.34. The summed E-state index contributed by atoms with van der Waals surface area (Å²) < 4.78 is 11.4. The second-order valence-electron chi connectivity index (χ2n) is 7.45. The van der Waals surface area contributed by atoms with E-state index in [9.17, 15) is 4.79 Å². The van der Waals surface area contributed by atoms with Gasteiger partial charge in [0.25, 0.3) is 0 Å². The number of hydrogen-bond donors (Lipinski definition) is 2. The van der Waals surface area contributed by atoms with Crippen molar-refractivity contribution in [1.29, 1.82) is 0 Å². The zero-order valence-corrected chi connectivity index (χ0v) is 16.5. The first-order valence-corrected chi connectivity index (χ1v) is 9.63. The number of hydrogen-bond acceptors (Lipinski definition) is 4. The molecule has 1 amide bonds. The van der Waals surface area contributed by atoms with Crippen molar-refractivity contribution < 1.29 is 14.3 Å². The highest BCUT2D eigenvalue weighted by Crippen LogP contribution is 2.39. The molecule has 1 aliphatic carbocycles. The summed E-state index contributed by atoms with van der Waals surface area (Å²) >= 11 is 0. The van der Waals surface area contributed by atoms with Gasteiger partial charge in [0, 0.05) is 45.9 Å². The minimum atomic E-state index is -0.341. The molecule has 27 heavy (non-hydrogen) atoms. The number of ether oxygens (including phenoxy) is 2. The molecule has 7 nitrogen and oxygen atoms in total. The lowest BCUT2D eigenvalue weighted by Gasteiger charge is -2.31. The Bertz CT molecular complexity index is 696. The Balaban J connectivity index is 1.66. The van der Waals surface area contributed by atoms with Gasteiger partial charge in [0.2, 0.25) is 5.91 Å². The Morgan fingerprint density at radius 3 is 2.52 bits per heavy atom. The van der Waals surface area contributed by atoms with Crippen molar-refractivity contribution in [3.63, 3.8) is 0 Å². The van der Waals surface area contributed by atoms with Crippen molar-refractivity contribution in [2.75, 3.05) is 46.2 Å². The molecule has 1 aromatic carbocycles. The Labute approximate surface area is 161 Å². The van der Waals surface area contributed by atoms with E-state index in [4.69, 9.17) is 9.47 Å². The molecule has 0 radical (unpaired) electrons. The van der Waals surface area contributed by atoms with Gasteiger partial charge in [-0.2, -0.15) is 0 Å². The maximum absolute atomic E-state index is 12.7. The maximum atomic E-state index is 12.7. The van der Waals surface area contributed by atoms with Crippen LogP contribution in [-0.4, -0.2) is 57.7 Å². The Morgan fingerprint density at radius 2 is 1.85 bits per heavy atom. The molecule has 0 unspecified atom stereocenters. The minimum Gasteiger partial charge on any atom is -0.490 e. The van der Waals surface area contributed by atoms with Gasteiger partial charge in [0.05, 0.1) is 18.6 Å². The molecule has 2 N–H and O–H groups in total. The number of nitrogens with one attached hydrogen (secondary N) is 2. The molecule has 2 aliphatic rings. The molecule has 3 rings (SSSR count). The molecule has 0 bridgehead atoms. The topological polar surface area (TPSA) is 75.2 Å². The number of anilines is 1. The van der Waals surface area contributed by atoms with E-state index in [1.165, 1.54) is 0 Å². The van der Waals surface area contributed by atoms with E-state index in [-0.39, 0.29) is 11.3 Å². The fraction of sp³-hybridized carbons (Fsp3) is 0.600. The Kier molecular flexibility index (Phi) is 6.08. The van der Waals surface area contributed by atoms with Crippen molar-refractivity contribution in [1.82, 2.24) is 10.2 Å². The number of carbonyl (C=O) groups excluding carboxylic acids is 1. The number of amides is 1. The molecule has 0 aromatic heterocycles. The quantitative estimate of drug-likeness (QED) is 0.626. The van der Waals surface area contributed by atoms with E-state index in [0.717, 1.165) is 49.3 Å². The number of nitrogens with zero attached hydrogens (tertiary/aromatic N) is 2. The number of carbonyl (C=O) groups is 1.